The van der Waals surface area contributed by atoms with E-state index in [4.69, 9.17) is 15.0 Å². The van der Waals surface area contributed by atoms with Crippen LogP contribution in [0.4, 0.5) is 0 Å². The Kier molecular flexibility index (Phi) is 8.71. The first-order valence-electron chi connectivity index (χ1n) is 22.0. The van der Waals surface area contributed by atoms with Gasteiger partial charge in [-0.05, 0) is 113 Å². The standard InChI is InChI=1S/C61H37N3S/c1-2-13-38(14-3-1)42-30-27-39-28-31-43(36-45(39)35-42)44-32-29-41-17-11-24-53(56(41)37-44)59-62-60(64-61(63-59)55-25-12-23-52-51-21-8-9-26-57(51)65-58(52)55)54-34-33-50(48-19-6-7-20-49(48)54)47-22-10-16-40-15-4-5-18-46(40)47/h1-37H. The molecule has 0 bridgehead atoms. The van der Waals surface area contributed by atoms with E-state index in [1.165, 1.54) is 64.0 Å². The Morgan fingerprint density at radius 1 is 0.246 bits per heavy atom. The molecule has 0 unspecified atom stereocenters. The third kappa shape index (κ3) is 6.37. The zero-order chi connectivity index (χ0) is 42.8. The lowest BCUT2D eigenvalue weighted by Gasteiger charge is -2.15. The quantitative estimate of drug-likeness (QED) is 0.167. The summed E-state index contributed by atoms with van der Waals surface area (Å²) >= 11 is 1.79. The van der Waals surface area contributed by atoms with E-state index in [1.54, 1.807) is 11.3 Å². The molecule has 65 heavy (non-hydrogen) atoms. The van der Waals surface area contributed by atoms with Gasteiger partial charge in [-0.1, -0.05) is 188 Å². The van der Waals surface area contributed by atoms with Gasteiger partial charge in [0.05, 0.1) is 0 Å². The summed E-state index contributed by atoms with van der Waals surface area (Å²) < 4.78 is 2.41. The molecule has 0 saturated carbocycles. The summed E-state index contributed by atoms with van der Waals surface area (Å²) in [5.41, 5.74) is 10.0. The molecule has 0 amide bonds. The second kappa shape index (κ2) is 15.2. The summed E-state index contributed by atoms with van der Waals surface area (Å²) in [5.74, 6) is 1.93. The number of hydrogen-bond acceptors (Lipinski definition) is 4. The lowest BCUT2D eigenvalue weighted by molar-refractivity contribution is 1.08. The number of nitrogens with zero attached hydrogens (tertiary/aromatic N) is 3. The zero-order valence-corrected chi connectivity index (χ0v) is 35.9. The van der Waals surface area contributed by atoms with E-state index < -0.39 is 0 Å². The van der Waals surface area contributed by atoms with E-state index in [1.807, 2.05) is 0 Å². The van der Waals surface area contributed by atoms with E-state index in [-0.39, 0.29) is 0 Å². The molecule has 2 heterocycles. The van der Waals surface area contributed by atoms with Crippen LogP contribution in [0.1, 0.15) is 0 Å². The molecule has 4 heteroatoms. The van der Waals surface area contributed by atoms with Crippen LogP contribution in [0.25, 0.3) is 131 Å². The first-order chi connectivity index (χ1) is 32.2. The number of rotatable bonds is 6. The summed E-state index contributed by atoms with van der Waals surface area (Å²) in [6.07, 6.45) is 0. The van der Waals surface area contributed by atoms with Crippen LogP contribution in [0.3, 0.4) is 0 Å². The van der Waals surface area contributed by atoms with Gasteiger partial charge in [0, 0.05) is 36.9 Å². The molecule has 13 aromatic rings. The van der Waals surface area contributed by atoms with E-state index in [0.717, 1.165) is 49.4 Å². The number of hydrogen-bond donors (Lipinski definition) is 0. The smallest absolute Gasteiger partial charge is 0.165 e. The summed E-state index contributed by atoms with van der Waals surface area (Å²) in [4.78, 5) is 16.3. The number of aromatic nitrogens is 3. The lowest BCUT2D eigenvalue weighted by atomic mass is 9.92. The van der Waals surface area contributed by atoms with Crippen molar-refractivity contribution in [3.05, 3.63) is 224 Å². The summed E-state index contributed by atoms with van der Waals surface area (Å²) in [7, 11) is 0. The lowest BCUT2D eigenvalue weighted by Crippen LogP contribution is -2.01. The van der Waals surface area contributed by atoms with Gasteiger partial charge < -0.3 is 0 Å². The van der Waals surface area contributed by atoms with Gasteiger partial charge in [0.25, 0.3) is 0 Å². The van der Waals surface area contributed by atoms with Crippen LogP contribution < -0.4 is 0 Å². The summed E-state index contributed by atoms with van der Waals surface area (Å²) in [6.45, 7) is 0. The normalized spacial score (nSPS) is 11.7. The van der Waals surface area contributed by atoms with Crippen LogP contribution in [0, 0.1) is 0 Å². The monoisotopic (exact) mass is 843 g/mol. The maximum absolute atomic E-state index is 5.44. The van der Waals surface area contributed by atoms with E-state index in [9.17, 15) is 0 Å². The van der Waals surface area contributed by atoms with Gasteiger partial charge in [-0.25, -0.2) is 15.0 Å². The maximum Gasteiger partial charge on any atom is 0.165 e. The van der Waals surface area contributed by atoms with Gasteiger partial charge in [-0.2, -0.15) is 0 Å². The molecule has 0 spiro atoms. The Morgan fingerprint density at radius 3 is 1.49 bits per heavy atom. The molecule has 13 rings (SSSR count). The van der Waals surface area contributed by atoms with Crippen LogP contribution in [0.5, 0.6) is 0 Å². The summed E-state index contributed by atoms with van der Waals surface area (Å²) in [6, 6.07) is 80.7. The first kappa shape index (κ1) is 37.3. The highest BCUT2D eigenvalue weighted by Gasteiger charge is 2.20. The van der Waals surface area contributed by atoms with Crippen molar-refractivity contribution in [2.45, 2.75) is 0 Å². The molecule has 0 radical (unpaired) electrons. The van der Waals surface area contributed by atoms with E-state index in [2.05, 4.69) is 224 Å². The largest absolute Gasteiger partial charge is 0.208 e. The number of thiophene rings is 1. The molecule has 3 nitrogen and oxygen atoms in total. The highest BCUT2D eigenvalue weighted by molar-refractivity contribution is 7.26. The SMILES string of the molecule is c1ccc(-c2ccc3ccc(-c4ccc5cccc(-c6nc(-c7ccc(-c8cccc9ccccc89)c8ccccc78)nc(-c7cccc8c7sc7ccccc78)n6)c5c4)cc3c2)cc1. The molecular formula is C61H37N3S. The Hall–Kier alpha value is -8.31. The minimum Gasteiger partial charge on any atom is -0.208 e. The molecule has 2 aromatic heterocycles. The predicted molar refractivity (Wildman–Crippen MR) is 275 cm³/mol. The minimum atomic E-state index is 0.638. The van der Waals surface area contributed by atoms with Crippen molar-refractivity contribution in [1.29, 1.82) is 0 Å². The molecule has 0 N–H and O–H groups in total. The second-order valence-corrected chi connectivity index (χ2v) is 17.8. The molecule has 0 atom stereocenters. The Balaban J connectivity index is 1.01. The molecule has 302 valence electrons. The fourth-order valence-corrected chi connectivity index (χ4v) is 10.9. The second-order valence-electron chi connectivity index (χ2n) is 16.7. The topological polar surface area (TPSA) is 38.7 Å². The Labute approximate surface area is 379 Å². The van der Waals surface area contributed by atoms with Crippen molar-refractivity contribution in [2.24, 2.45) is 0 Å². The molecule has 0 aliphatic carbocycles. The van der Waals surface area contributed by atoms with Crippen LogP contribution in [0.2, 0.25) is 0 Å². The number of benzene rings is 11. The van der Waals surface area contributed by atoms with Crippen molar-refractivity contribution in [1.82, 2.24) is 15.0 Å². The van der Waals surface area contributed by atoms with Crippen molar-refractivity contribution in [3.8, 4) is 67.5 Å². The van der Waals surface area contributed by atoms with Crippen LogP contribution >= 0.6 is 11.3 Å². The van der Waals surface area contributed by atoms with Crippen LogP contribution in [-0.4, -0.2) is 15.0 Å². The van der Waals surface area contributed by atoms with Gasteiger partial charge >= 0.3 is 0 Å². The van der Waals surface area contributed by atoms with Gasteiger partial charge in [0.2, 0.25) is 0 Å². The first-order valence-corrected chi connectivity index (χ1v) is 22.8. The van der Waals surface area contributed by atoms with Crippen molar-refractivity contribution in [3.63, 3.8) is 0 Å². The van der Waals surface area contributed by atoms with Crippen molar-refractivity contribution >= 4 is 74.6 Å². The average molecular weight is 844 g/mol. The van der Waals surface area contributed by atoms with Gasteiger partial charge in [0.15, 0.2) is 17.5 Å². The number of fused-ring (bicyclic) bond motifs is 7. The van der Waals surface area contributed by atoms with Gasteiger partial charge in [0.1, 0.15) is 0 Å². The molecule has 11 aromatic carbocycles. The van der Waals surface area contributed by atoms with E-state index >= 15 is 0 Å². The fourth-order valence-electron chi connectivity index (χ4n) is 9.73. The molecule has 0 fully saturated rings. The molecular weight excluding hydrogens is 807 g/mol. The minimum absolute atomic E-state index is 0.638. The van der Waals surface area contributed by atoms with Crippen molar-refractivity contribution < 1.29 is 0 Å². The predicted octanol–water partition coefficient (Wildman–Crippen LogP) is 16.9. The molecule has 0 saturated heterocycles. The van der Waals surface area contributed by atoms with Gasteiger partial charge in [-0.15, -0.1) is 11.3 Å². The molecule has 0 aliphatic rings. The van der Waals surface area contributed by atoms with Crippen molar-refractivity contribution in [2.75, 3.05) is 0 Å². The molecule has 0 aliphatic heterocycles. The summed E-state index contributed by atoms with van der Waals surface area (Å²) in [5, 5.41) is 11.8. The fraction of sp³-hybridized carbons (Fsp3) is 0. The average Bonchev–Trinajstić information content (AvgIpc) is 3.77. The van der Waals surface area contributed by atoms with Crippen LogP contribution in [-0.2, 0) is 0 Å². The highest BCUT2D eigenvalue weighted by Crippen LogP contribution is 2.42. The zero-order valence-electron chi connectivity index (χ0n) is 35.1. The Bertz CT molecular complexity index is 4010. The third-order valence-electron chi connectivity index (χ3n) is 12.9. The Morgan fingerprint density at radius 2 is 0.723 bits per heavy atom. The van der Waals surface area contributed by atoms with Crippen LogP contribution in [0.15, 0.2) is 224 Å². The highest BCUT2D eigenvalue weighted by atomic mass is 32.1. The van der Waals surface area contributed by atoms with Gasteiger partial charge in [-0.3, -0.25) is 0 Å². The third-order valence-corrected chi connectivity index (χ3v) is 14.1. The van der Waals surface area contributed by atoms with E-state index in [0.29, 0.717) is 17.5 Å². The maximum atomic E-state index is 5.44.